The maximum atomic E-state index is 13.0. The molecule has 0 spiro atoms. The minimum absolute atomic E-state index is 0.137. The van der Waals surface area contributed by atoms with Crippen molar-refractivity contribution in [1.29, 1.82) is 0 Å². The summed E-state index contributed by atoms with van der Waals surface area (Å²) in [4.78, 5) is 21.6. The first-order valence-corrected chi connectivity index (χ1v) is 9.15. The van der Waals surface area contributed by atoms with Crippen molar-refractivity contribution >= 4 is 40.0 Å². The lowest BCUT2D eigenvalue weighted by Gasteiger charge is -2.07. The molecule has 0 radical (unpaired) electrons. The topological polar surface area (TPSA) is 76.7 Å². The van der Waals surface area contributed by atoms with Crippen LogP contribution in [0.25, 0.3) is 11.0 Å². The van der Waals surface area contributed by atoms with Crippen LogP contribution in [-0.2, 0) is 0 Å². The van der Waals surface area contributed by atoms with Gasteiger partial charge in [0.1, 0.15) is 28.4 Å². The summed E-state index contributed by atoms with van der Waals surface area (Å²) in [7, 11) is 1.54. The second-order valence-electron chi connectivity index (χ2n) is 6.10. The van der Waals surface area contributed by atoms with Crippen LogP contribution < -0.4 is 15.6 Å². The van der Waals surface area contributed by atoms with Crippen LogP contribution in [0.3, 0.4) is 0 Å². The highest BCUT2D eigenvalue weighted by molar-refractivity contribution is 6.30. The molecule has 4 aromatic rings. The molecule has 2 heterocycles. The number of fused-ring (bicyclic) bond motifs is 1. The van der Waals surface area contributed by atoms with Gasteiger partial charge in [0.15, 0.2) is 0 Å². The van der Waals surface area contributed by atoms with Crippen molar-refractivity contribution in [2.24, 2.45) is 4.99 Å². The zero-order valence-electron chi connectivity index (χ0n) is 15.4. The zero-order valence-corrected chi connectivity index (χ0v) is 16.2. The maximum Gasteiger partial charge on any atom is 0.262 e. The van der Waals surface area contributed by atoms with E-state index < -0.39 is 5.91 Å². The number of pyridine rings is 1. The van der Waals surface area contributed by atoms with E-state index in [4.69, 9.17) is 20.8 Å². The Morgan fingerprint density at radius 3 is 2.72 bits per heavy atom. The molecule has 1 N–H and O–H groups in total. The number of halogens is 1. The molecule has 144 valence electrons. The largest absolute Gasteiger partial charge is 0.494 e. The number of hydrogen-bond donors (Lipinski definition) is 1. The van der Waals surface area contributed by atoms with E-state index in [9.17, 15) is 4.79 Å². The van der Waals surface area contributed by atoms with Crippen LogP contribution in [0.2, 0.25) is 5.02 Å². The third-order valence-corrected chi connectivity index (χ3v) is 4.41. The van der Waals surface area contributed by atoms with Gasteiger partial charge in [-0.05, 0) is 42.5 Å². The predicted octanol–water partition coefficient (Wildman–Crippen LogP) is 4.97. The summed E-state index contributed by atoms with van der Waals surface area (Å²) in [5.74, 6) is 0.545. The van der Waals surface area contributed by atoms with Gasteiger partial charge >= 0.3 is 0 Å². The zero-order chi connectivity index (χ0) is 20.2. The van der Waals surface area contributed by atoms with Crippen LogP contribution in [0.5, 0.6) is 5.75 Å². The Hall–Kier alpha value is -3.64. The summed E-state index contributed by atoms with van der Waals surface area (Å²) in [6.07, 6.45) is 1.60. The number of benzene rings is 2. The number of ether oxygens (including phenoxy) is 1. The van der Waals surface area contributed by atoms with Gasteiger partial charge in [-0.1, -0.05) is 35.9 Å². The highest BCUT2D eigenvalue weighted by atomic mass is 35.5. The standard InChI is InChI=1S/C22H16ClN3O3/c1-28-19-10-9-15(23)13-17(19)25-22-16(12-14-6-2-3-7-18(14)29-22)21(27)26-20-8-4-5-11-24-20/h2-13H,1H3,(H,24,26,27). The van der Waals surface area contributed by atoms with Crippen molar-refractivity contribution in [3.8, 4) is 5.75 Å². The highest BCUT2D eigenvalue weighted by Crippen LogP contribution is 2.30. The van der Waals surface area contributed by atoms with Crippen LogP contribution >= 0.6 is 11.6 Å². The van der Waals surface area contributed by atoms with Crippen molar-refractivity contribution in [2.75, 3.05) is 12.4 Å². The Labute approximate surface area is 171 Å². The van der Waals surface area contributed by atoms with E-state index >= 15 is 0 Å². The highest BCUT2D eigenvalue weighted by Gasteiger charge is 2.14. The number of hydrogen-bond acceptors (Lipinski definition) is 5. The maximum absolute atomic E-state index is 13.0. The summed E-state index contributed by atoms with van der Waals surface area (Å²) >= 11 is 6.11. The molecule has 0 unspecified atom stereocenters. The summed E-state index contributed by atoms with van der Waals surface area (Å²) in [6, 6.07) is 19.4. The smallest absolute Gasteiger partial charge is 0.262 e. The van der Waals surface area contributed by atoms with Gasteiger partial charge in [-0.25, -0.2) is 9.98 Å². The molecule has 0 saturated heterocycles. The van der Waals surface area contributed by atoms with Gasteiger partial charge in [-0.15, -0.1) is 0 Å². The SMILES string of the molecule is COc1ccc(Cl)cc1N=c1oc2ccccc2cc1C(=O)Nc1ccccn1. The number of nitrogens with one attached hydrogen (secondary N) is 1. The van der Waals surface area contributed by atoms with Crippen molar-refractivity contribution in [3.05, 3.63) is 89.1 Å². The first-order chi connectivity index (χ1) is 14.1. The van der Waals surface area contributed by atoms with Gasteiger partial charge in [0.05, 0.1) is 7.11 Å². The molecule has 2 aromatic heterocycles. The molecule has 4 rings (SSSR count). The normalized spacial score (nSPS) is 11.4. The van der Waals surface area contributed by atoms with Crippen LogP contribution in [0.15, 0.2) is 82.3 Å². The first kappa shape index (κ1) is 18.7. The summed E-state index contributed by atoms with van der Waals surface area (Å²) in [5.41, 5.74) is 1.45. The van der Waals surface area contributed by atoms with Gasteiger partial charge in [0.25, 0.3) is 5.91 Å². The Balaban J connectivity index is 1.89. The average molecular weight is 406 g/mol. The van der Waals surface area contributed by atoms with Crippen molar-refractivity contribution in [3.63, 3.8) is 0 Å². The summed E-state index contributed by atoms with van der Waals surface area (Å²) in [5, 5.41) is 4.03. The minimum atomic E-state index is -0.391. The Morgan fingerprint density at radius 1 is 1.10 bits per heavy atom. The van der Waals surface area contributed by atoms with Crippen LogP contribution in [-0.4, -0.2) is 18.0 Å². The molecule has 29 heavy (non-hydrogen) atoms. The molecule has 0 fully saturated rings. The molecule has 1 amide bonds. The molecule has 6 nitrogen and oxygen atoms in total. The lowest BCUT2D eigenvalue weighted by Crippen LogP contribution is -2.22. The number of aromatic nitrogens is 1. The summed E-state index contributed by atoms with van der Waals surface area (Å²) in [6.45, 7) is 0. The monoisotopic (exact) mass is 405 g/mol. The van der Waals surface area contributed by atoms with Crippen LogP contribution in [0.1, 0.15) is 10.4 Å². The molecule has 7 heteroatoms. The lowest BCUT2D eigenvalue weighted by atomic mass is 10.1. The predicted molar refractivity (Wildman–Crippen MR) is 112 cm³/mol. The second kappa shape index (κ2) is 8.16. The van der Waals surface area contributed by atoms with Crippen molar-refractivity contribution in [2.45, 2.75) is 0 Å². The molecule has 2 aromatic carbocycles. The van der Waals surface area contributed by atoms with Crippen molar-refractivity contribution in [1.82, 2.24) is 4.98 Å². The van der Waals surface area contributed by atoms with E-state index in [1.54, 1.807) is 48.7 Å². The van der Waals surface area contributed by atoms with Crippen LogP contribution in [0.4, 0.5) is 11.5 Å². The van der Waals surface area contributed by atoms with E-state index in [1.807, 2.05) is 24.3 Å². The fourth-order valence-corrected chi connectivity index (χ4v) is 2.96. The van der Waals surface area contributed by atoms with E-state index in [1.165, 1.54) is 7.11 Å². The van der Waals surface area contributed by atoms with Gasteiger partial charge in [-0.2, -0.15) is 0 Å². The Kier molecular flexibility index (Phi) is 5.27. The number of rotatable bonds is 4. The quantitative estimate of drug-likeness (QED) is 0.519. The molecular weight excluding hydrogens is 390 g/mol. The number of nitrogens with zero attached hydrogens (tertiary/aromatic N) is 2. The Morgan fingerprint density at radius 2 is 1.93 bits per heavy atom. The van der Waals surface area contributed by atoms with E-state index in [2.05, 4.69) is 15.3 Å². The first-order valence-electron chi connectivity index (χ1n) is 8.77. The molecule has 0 aliphatic heterocycles. The minimum Gasteiger partial charge on any atom is -0.494 e. The van der Waals surface area contributed by atoms with Crippen LogP contribution in [0, 0.1) is 0 Å². The number of methoxy groups -OCH3 is 1. The van der Waals surface area contributed by atoms with E-state index in [0.29, 0.717) is 27.9 Å². The number of carbonyl (C=O) groups is 1. The van der Waals surface area contributed by atoms with Crippen molar-refractivity contribution < 1.29 is 13.9 Å². The molecule has 0 saturated carbocycles. The molecule has 0 atom stereocenters. The van der Waals surface area contributed by atoms with Gasteiger partial charge < -0.3 is 14.5 Å². The fourth-order valence-electron chi connectivity index (χ4n) is 2.80. The fraction of sp³-hybridized carbons (Fsp3) is 0.0455. The van der Waals surface area contributed by atoms with E-state index in [0.717, 1.165) is 5.39 Å². The lowest BCUT2D eigenvalue weighted by molar-refractivity contribution is 0.102. The number of para-hydroxylation sites is 1. The third kappa shape index (κ3) is 4.12. The third-order valence-electron chi connectivity index (χ3n) is 4.17. The van der Waals surface area contributed by atoms with Gasteiger partial charge in [0.2, 0.25) is 5.55 Å². The molecule has 0 aliphatic rings. The summed E-state index contributed by atoms with van der Waals surface area (Å²) < 4.78 is 11.3. The number of amides is 1. The molecular formula is C22H16ClN3O3. The molecule has 0 aliphatic carbocycles. The van der Waals surface area contributed by atoms with Gasteiger partial charge in [0, 0.05) is 16.6 Å². The number of carbonyl (C=O) groups excluding carboxylic acids is 1. The molecule has 0 bridgehead atoms. The Bertz CT molecular complexity index is 1250. The van der Waals surface area contributed by atoms with Gasteiger partial charge in [-0.3, -0.25) is 4.79 Å². The number of anilines is 1. The average Bonchev–Trinajstić information content (AvgIpc) is 2.74. The second-order valence-corrected chi connectivity index (χ2v) is 6.54. The van der Waals surface area contributed by atoms with E-state index in [-0.39, 0.29) is 11.1 Å².